The second-order valence-electron chi connectivity index (χ2n) is 10.9. The monoisotopic (exact) mass is 738 g/mol. The molecule has 3 aromatic rings. The Morgan fingerprint density at radius 2 is 1.82 bits per heavy atom. The normalized spacial score (nSPS) is 15.9. The number of carboxylic acid groups (broad SMARTS) is 1. The van der Waals surface area contributed by atoms with Crippen LogP contribution in [0.3, 0.4) is 0 Å². The first-order valence-electron chi connectivity index (χ1n) is 13.8. The van der Waals surface area contributed by atoms with Crippen LogP contribution in [-0.2, 0) is 35.9 Å². The van der Waals surface area contributed by atoms with E-state index < -0.39 is 87.1 Å². The molecule has 4 rings (SSSR count). The molecule has 0 radical (unpaired) electrons. The molecule has 270 valence electrons. The molecule has 0 saturated carbocycles. The zero-order chi connectivity index (χ0) is 35.6. The molecule has 21 heteroatoms. The van der Waals surface area contributed by atoms with E-state index in [0.29, 0.717) is 5.56 Å². The lowest BCUT2D eigenvalue weighted by Gasteiger charge is -2.44. The lowest BCUT2D eigenvalue weighted by molar-refractivity contribution is -0.161. The van der Waals surface area contributed by atoms with E-state index >= 15 is 0 Å². The van der Waals surface area contributed by atoms with Crippen molar-refractivity contribution in [1.29, 1.82) is 0 Å². The van der Waals surface area contributed by atoms with Crippen LogP contribution < -0.4 is 16.5 Å². The summed E-state index contributed by atoms with van der Waals surface area (Å²) in [5.74, 6) is -6.54. The van der Waals surface area contributed by atoms with Gasteiger partial charge >= 0.3 is 16.3 Å². The molecule has 19 nitrogen and oxygen atoms in total. The van der Waals surface area contributed by atoms with E-state index in [2.05, 4.69) is 20.4 Å². The molecule has 1 aromatic carbocycles. The largest absolute Gasteiger partial charge is 0.503 e. The quantitative estimate of drug-likeness (QED) is 0.0416. The molecule has 2 atom stereocenters. The van der Waals surface area contributed by atoms with Gasteiger partial charge in [0.1, 0.15) is 5.69 Å². The third-order valence-corrected chi connectivity index (χ3v) is 8.73. The summed E-state index contributed by atoms with van der Waals surface area (Å²) < 4.78 is 33.7. The molecular formula is C29H34N6O13S2. The van der Waals surface area contributed by atoms with Crippen LogP contribution in [0.25, 0.3) is 0 Å². The van der Waals surface area contributed by atoms with Crippen LogP contribution in [-0.4, -0.2) is 96.2 Å². The highest BCUT2D eigenvalue weighted by Crippen LogP contribution is 2.32. The highest BCUT2D eigenvalue weighted by atomic mass is 32.2. The predicted octanol–water partition coefficient (Wildman–Crippen LogP) is -0.0411. The molecular weight excluding hydrogens is 704 g/mol. The number of oxime groups is 1. The summed E-state index contributed by atoms with van der Waals surface area (Å²) in [7, 11) is -5.09. The van der Waals surface area contributed by atoms with Gasteiger partial charge in [0.25, 0.3) is 5.91 Å². The number of carbonyl (C=O) groups is 5. The Kier molecular flexibility index (Phi) is 12.9. The Morgan fingerprint density at radius 1 is 1.18 bits per heavy atom. The first-order valence-corrected chi connectivity index (χ1v) is 16.0. The molecule has 1 aliphatic heterocycles. The van der Waals surface area contributed by atoms with Crippen LogP contribution in [0.15, 0.2) is 51.9 Å². The number of hydrogen-bond acceptors (Lipinski definition) is 14. The fourth-order valence-electron chi connectivity index (χ4n) is 4.42. The van der Waals surface area contributed by atoms with Gasteiger partial charge < -0.3 is 36.6 Å². The SMILES string of the molecule is C.CC(C)(O/N=C(\C(=O)C[C@@H]1C(=O)N(S(=O)(=O)O)[C@@H]1CNC(=O)c1ccc(CC(=O)c2cc(=O)c(O)c[nH]2)cc1)c1csc(N)n1)C(=O)O.O. The van der Waals surface area contributed by atoms with Gasteiger partial charge in [-0.1, -0.05) is 24.7 Å². The molecule has 9 N–H and O–H groups in total. The molecule has 0 unspecified atom stereocenters. The number of pyridine rings is 1. The van der Waals surface area contributed by atoms with E-state index in [1.807, 2.05) is 0 Å². The first-order chi connectivity index (χ1) is 22.4. The number of thiazole rings is 1. The number of β-lactam (4-membered cyclic amide) rings is 1. The van der Waals surface area contributed by atoms with Crippen molar-refractivity contribution in [3.8, 4) is 5.75 Å². The van der Waals surface area contributed by atoms with Crippen LogP contribution in [0.5, 0.6) is 5.75 Å². The van der Waals surface area contributed by atoms with Crippen molar-refractivity contribution in [2.75, 3.05) is 12.3 Å². The van der Waals surface area contributed by atoms with Crippen molar-refractivity contribution in [3.05, 3.63) is 74.6 Å². The molecule has 0 bridgehead atoms. The van der Waals surface area contributed by atoms with E-state index in [1.54, 1.807) is 0 Å². The van der Waals surface area contributed by atoms with Crippen LogP contribution >= 0.6 is 11.3 Å². The summed E-state index contributed by atoms with van der Waals surface area (Å²) in [5.41, 5.74) is 2.99. The Hall–Kier alpha value is -5.51. The van der Waals surface area contributed by atoms with E-state index in [4.69, 9.17) is 10.6 Å². The highest BCUT2D eigenvalue weighted by Gasteiger charge is 2.54. The van der Waals surface area contributed by atoms with Crippen molar-refractivity contribution in [1.82, 2.24) is 19.6 Å². The Labute approximate surface area is 288 Å². The third kappa shape index (κ3) is 9.13. The van der Waals surface area contributed by atoms with Gasteiger partial charge in [0.05, 0.1) is 17.7 Å². The van der Waals surface area contributed by atoms with Gasteiger partial charge in [0.15, 0.2) is 28.2 Å². The van der Waals surface area contributed by atoms with Gasteiger partial charge in [-0.25, -0.2) is 14.1 Å². The zero-order valence-corrected chi connectivity index (χ0v) is 27.2. The minimum absolute atomic E-state index is 0. The number of nitrogens with zero attached hydrogens (tertiary/aromatic N) is 3. The van der Waals surface area contributed by atoms with Gasteiger partial charge in [-0.3, -0.25) is 28.5 Å². The van der Waals surface area contributed by atoms with Gasteiger partial charge in [-0.2, -0.15) is 8.42 Å². The standard InChI is InChI=1S/C28H28N6O12S2.CH4.H2O/c1-28(2,26(41)42)46-33-23(17-12-47-27(29)32-17)21(37)8-15-18(34(25(15)40)48(43,44)45)10-31-24(39)14-5-3-13(4-6-14)7-19(35)16-9-20(36)22(38)11-30-16;;/h3-6,9,11-12,15,18,38H,7-8,10H2,1-2H3,(H2,29,32)(H,30,36)(H,31,39)(H,41,42)(H,43,44,45);1H4;1H2/b33-23-;;/t15-,18+;;/m0../s1. The summed E-state index contributed by atoms with van der Waals surface area (Å²) in [6, 6.07) is 5.21. The Bertz CT molecular complexity index is 1990. The molecule has 0 aliphatic carbocycles. The fourth-order valence-corrected chi connectivity index (χ4v) is 5.89. The second kappa shape index (κ2) is 15.8. The number of aliphatic carboxylic acids is 1. The number of aromatic nitrogens is 2. The van der Waals surface area contributed by atoms with Crippen LogP contribution in [0, 0.1) is 5.92 Å². The minimum atomic E-state index is -5.09. The summed E-state index contributed by atoms with van der Waals surface area (Å²) in [5, 5.41) is 26.1. The Balaban J connectivity index is 0.00000433. The van der Waals surface area contributed by atoms with Crippen molar-refractivity contribution < 1.29 is 57.5 Å². The maximum atomic E-state index is 13.3. The van der Waals surface area contributed by atoms with Crippen LogP contribution in [0.4, 0.5) is 5.13 Å². The number of nitrogen functional groups attached to an aromatic ring is 1. The van der Waals surface area contributed by atoms with Gasteiger partial charge in [-0.15, -0.1) is 11.3 Å². The molecule has 50 heavy (non-hydrogen) atoms. The van der Waals surface area contributed by atoms with Crippen molar-refractivity contribution in [3.63, 3.8) is 0 Å². The van der Waals surface area contributed by atoms with Crippen LogP contribution in [0.2, 0.25) is 0 Å². The molecule has 2 aromatic heterocycles. The van der Waals surface area contributed by atoms with Crippen molar-refractivity contribution >= 4 is 61.8 Å². The molecule has 0 spiro atoms. The number of carbonyl (C=O) groups excluding carboxylic acids is 4. The number of nitrogens with one attached hydrogen (secondary N) is 2. The number of ketones is 2. The predicted molar refractivity (Wildman–Crippen MR) is 177 cm³/mol. The van der Waals surface area contributed by atoms with Gasteiger partial charge in [0.2, 0.25) is 16.9 Å². The summed E-state index contributed by atoms with van der Waals surface area (Å²) in [4.78, 5) is 86.0. The summed E-state index contributed by atoms with van der Waals surface area (Å²) >= 11 is 0.935. The highest BCUT2D eigenvalue weighted by molar-refractivity contribution is 7.84. The van der Waals surface area contributed by atoms with E-state index in [0.717, 1.165) is 23.6 Å². The lowest BCUT2D eigenvalue weighted by atomic mass is 9.84. The third-order valence-electron chi connectivity index (χ3n) is 7.11. The number of aromatic amines is 1. The smallest absolute Gasteiger partial charge is 0.362 e. The fraction of sp³-hybridized carbons (Fsp3) is 0.310. The number of rotatable bonds is 14. The second-order valence-corrected chi connectivity index (χ2v) is 13.1. The maximum Gasteiger partial charge on any atom is 0.362 e. The summed E-state index contributed by atoms with van der Waals surface area (Å²) in [6.07, 6.45) is 0.153. The minimum Gasteiger partial charge on any atom is -0.503 e. The van der Waals surface area contributed by atoms with Gasteiger partial charge in [0, 0.05) is 42.6 Å². The number of H-pyrrole nitrogens is 1. The summed E-state index contributed by atoms with van der Waals surface area (Å²) in [6.45, 7) is 1.82. The van der Waals surface area contributed by atoms with Crippen LogP contribution in [0.1, 0.15) is 59.8 Å². The average Bonchev–Trinajstić information content (AvgIpc) is 3.44. The van der Waals surface area contributed by atoms with Crippen molar-refractivity contribution in [2.24, 2.45) is 11.1 Å². The number of aromatic hydroxyl groups is 1. The molecule has 1 aliphatic rings. The number of benzene rings is 1. The average molecular weight is 739 g/mol. The lowest BCUT2D eigenvalue weighted by Crippen LogP contribution is -2.66. The number of anilines is 1. The first kappa shape index (κ1) is 40.7. The van der Waals surface area contributed by atoms with Gasteiger partial charge in [-0.05, 0) is 31.5 Å². The molecule has 1 saturated heterocycles. The van der Waals surface area contributed by atoms with E-state index in [-0.39, 0.29) is 45.7 Å². The topological polar surface area (TPSA) is 320 Å². The Morgan fingerprint density at radius 3 is 2.36 bits per heavy atom. The van der Waals surface area contributed by atoms with Crippen molar-refractivity contribution in [2.45, 2.75) is 45.8 Å². The zero-order valence-electron chi connectivity index (χ0n) is 25.6. The molecule has 3 heterocycles. The van der Waals surface area contributed by atoms with E-state index in [9.17, 15) is 52.0 Å². The number of Topliss-reactive ketones (excluding diaryl/α,β-unsaturated/α-hetero) is 2. The maximum absolute atomic E-state index is 13.3. The molecule has 1 fully saturated rings. The number of hydrogen-bond donors (Lipinski definition) is 6. The number of amides is 2. The molecule has 2 amide bonds. The number of carboxylic acids is 1. The number of nitrogens with two attached hydrogens (primary N) is 1. The van der Waals surface area contributed by atoms with E-state index in [1.165, 1.54) is 43.5 Å².